The number of aliphatic imine (C=N–C) groups is 1. The van der Waals surface area contributed by atoms with Crippen molar-refractivity contribution >= 4 is 40.4 Å². The van der Waals surface area contributed by atoms with Gasteiger partial charge in [0.1, 0.15) is 5.84 Å². The molecule has 0 unspecified atom stereocenters. The molecule has 6 heteroatoms. The lowest BCUT2D eigenvalue weighted by Gasteiger charge is -2.44. The molecule has 2 heterocycles. The van der Waals surface area contributed by atoms with Crippen LogP contribution in [0.25, 0.3) is 0 Å². The summed E-state index contributed by atoms with van der Waals surface area (Å²) in [4.78, 5) is 4.91. The first-order chi connectivity index (χ1) is 13.1. The van der Waals surface area contributed by atoms with E-state index in [9.17, 15) is 0 Å². The van der Waals surface area contributed by atoms with Crippen molar-refractivity contribution in [3.8, 4) is 0 Å². The van der Waals surface area contributed by atoms with Crippen LogP contribution in [0.15, 0.2) is 47.5 Å². The molecule has 1 saturated heterocycles. The third-order valence-electron chi connectivity index (χ3n) is 4.83. The Balaban J connectivity index is 0.00000102. The Bertz CT molecular complexity index is 814. The summed E-state index contributed by atoms with van der Waals surface area (Å²) >= 11 is 12.3. The van der Waals surface area contributed by atoms with Crippen LogP contribution in [-0.2, 0) is 6.54 Å². The summed E-state index contributed by atoms with van der Waals surface area (Å²) in [5.41, 5.74) is 2.99. The average Bonchev–Trinajstić information content (AvgIpc) is 2.69. The Morgan fingerprint density at radius 1 is 0.963 bits per heavy atom. The lowest BCUT2D eigenvalue weighted by atomic mass is 9.84. The lowest BCUT2D eigenvalue weighted by molar-refractivity contribution is 0.419. The Morgan fingerprint density at radius 2 is 1.70 bits per heavy atom. The van der Waals surface area contributed by atoms with E-state index in [1.807, 2.05) is 56.3 Å². The zero-order chi connectivity index (χ0) is 19.3. The van der Waals surface area contributed by atoms with Crippen molar-refractivity contribution in [3.63, 3.8) is 0 Å². The van der Waals surface area contributed by atoms with Crippen molar-refractivity contribution in [2.75, 3.05) is 23.7 Å². The Morgan fingerprint density at radius 3 is 2.44 bits per heavy atom. The fourth-order valence-electron chi connectivity index (χ4n) is 3.50. The molecule has 4 nitrogen and oxygen atoms in total. The molecule has 0 atom stereocenters. The van der Waals surface area contributed by atoms with Gasteiger partial charge < -0.3 is 16.0 Å². The van der Waals surface area contributed by atoms with Crippen LogP contribution < -0.4 is 16.0 Å². The third-order valence-corrected chi connectivity index (χ3v) is 5.30. The highest BCUT2D eigenvalue weighted by Crippen LogP contribution is 2.37. The molecular weight excluding hydrogens is 379 g/mol. The summed E-state index contributed by atoms with van der Waals surface area (Å²) in [6, 6.07) is 13.7. The maximum absolute atomic E-state index is 6.16. The molecule has 2 aliphatic heterocycles. The van der Waals surface area contributed by atoms with Gasteiger partial charge in [0.2, 0.25) is 0 Å². The van der Waals surface area contributed by atoms with Crippen molar-refractivity contribution in [3.05, 3.63) is 58.1 Å². The normalized spacial score (nSPS) is 18.7. The number of nitrogens with one attached hydrogen (secondary N) is 3. The van der Waals surface area contributed by atoms with Gasteiger partial charge in [0.05, 0.1) is 23.5 Å². The van der Waals surface area contributed by atoms with Crippen LogP contribution in [-0.4, -0.2) is 24.5 Å². The van der Waals surface area contributed by atoms with E-state index >= 15 is 0 Å². The summed E-state index contributed by atoms with van der Waals surface area (Å²) in [5.74, 6) is 0.976. The van der Waals surface area contributed by atoms with E-state index in [2.05, 4.69) is 16.0 Å². The summed E-state index contributed by atoms with van der Waals surface area (Å²) in [7, 11) is 0. The molecule has 0 radical (unpaired) electrons. The third kappa shape index (κ3) is 4.57. The maximum Gasteiger partial charge on any atom is 0.127 e. The number of rotatable bonds is 2. The van der Waals surface area contributed by atoms with Crippen molar-refractivity contribution in [1.82, 2.24) is 5.32 Å². The molecular formula is C21H26Cl2N4. The molecule has 3 N–H and O–H groups in total. The maximum atomic E-state index is 6.16. The molecule has 0 saturated carbocycles. The number of benzene rings is 2. The van der Waals surface area contributed by atoms with E-state index < -0.39 is 0 Å². The number of piperidine rings is 1. The van der Waals surface area contributed by atoms with Crippen molar-refractivity contribution in [2.24, 2.45) is 4.99 Å². The van der Waals surface area contributed by atoms with E-state index in [1.165, 1.54) is 0 Å². The van der Waals surface area contributed by atoms with Gasteiger partial charge in [-0.2, -0.15) is 0 Å². The summed E-state index contributed by atoms with van der Waals surface area (Å²) in [6.45, 7) is 6.53. The first-order valence-corrected chi connectivity index (χ1v) is 10.3. The highest BCUT2D eigenvalue weighted by atomic mass is 35.5. The molecule has 4 rings (SSSR count). The van der Waals surface area contributed by atoms with Gasteiger partial charge in [-0.1, -0.05) is 49.2 Å². The second-order valence-corrected chi connectivity index (χ2v) is 7.44. The fourth-order valence-corrected chi connectivity index (χ4v) is 3.89. The van der Waals surface area contributed by atoms with Gasteiger partial charge in [-0.3, -0.25) is 4.99 Å². The number of hydrogen-bond donors (Lipinski definition) is 3. The highest BCUT2D eigenvalue weighted by Gasteiger charge is 2.40. The van der Waals surface area contributed by atoms with E-state index in [0.717, 1.165) is 53.7 Å². The first kappa shape index (κ1) is 20.0. The smallest absolute Gasteiger partial charge is 0.127 e. The van der Waals surface area contributed by atoms with E-state index in [0.29, 0.717) is 11.6 Å². The minimum Gasteiger partial charge on any atom is -0.371 e. The topological polar surface area (TPSA) is 48.5 Å². The summed E-state index contributed by atoms with van der Waals surface area (Å²) in [6.07, 6.45) is 1.97. The van der Waals surface area contributed by atoms with Crippen LogP contribution in [0.1, 0.15) is 32.3 Å². The minimum atomic E-state index is -0.162. The van der Waals surface area contributed by atoms with Gasteiger partial charge in [-0.05, 0) is 61.8 Å². The molecule has 144 valence electrons. The molecule has 1 fully saturated rings. The quantitative estimate of drug-likeness (QED) is 0.612. The van der Waals surface area contributed by atoms with E-state index in [4.69, 9.17) is 28.2 Å². The zero-order valence-corrected chi connectivity index (χ0v) is 17.3. The van der Waals surface area contributed by atoms with Crippen LogP contribution in [0.3, 0.4) is 0 Å². The van der Waals surface area contributed by atoms with E-state index in [-0.39, 0.29) is 5.54 Å². The van der Waals surface area contributed by atoms with Crippen LogP contribution in [0, 0.1) is 0 Å². The molecule has 2 aromatic rings. The number of anilines is 2. The minimum absolute atomic E-state index is 0.162. The van der Waals surface area contributed by atoms with Crippen molar-refractivity contribution in [1.29, 1.82) is 0 Å². The van der Waals surface area contributed by atoms with Crippen LogP contribution in [0.2, 0.25) is 10.0 Å². The van der Waals surface area contributed by atoms with Gasteiger partial charge >= 0.3 is 0 Å². The molecule has 0 aromatic heterocycles. The summed E-state index contributed by atoms with van der Waals surface area (Å²) < 4.78 is 0. The second-order valence-electron chi connectivity index (χ2n) is 6.57. The number of hydrogen-bond acceptors (Lipinski definition) is 3. The number of fused-ring (bicyclic) bond motifs is 1. The predicted molar refractivity (Wildman–Crippen MR) is 117 cm³/mol. The zero-order valence-electron chi connectivity index (χ0n) is 15.8. The highest BCUT2D eigenvalue weighted by molar-refractivity contribution is 6.31. The van der Waals surface area contributed by atoms with Gasteiger partial charge in [0.15, 0.2) is 0 Å². The largest absolute Gasteiger partial charge is 0.371 e. The SMILES string of the molecule is CC.Clc1cccc(CN=C2Nc3cc(Cl)ccc3NC23CCNCC3)c1. The number of nitrogens with zero attached hydrogens (tertiary/aromatic N) is 1. The van der Waals surface area contributed by atoms with E-state index in [1.54, 1.807) is 0 Å². The van der Waals surface area contributed by atoms with Gasteiger partial charge in [0, 0.05) is 10.0 Å². The number of amidine groups is 1. The lowest BCUT2D eigenvalue weighted by Crippen LogP contribution is -2.57. The van der Waals surface area contributed by atoms with Crippen LogP contribution in [0.5, 0.6) is 0 Å². The molecule has 2 aromatic carbocycles. The molecule has 0 bridgehead atoms. The average molecular weight is 405 g/mol. The molecule has 0 amide bonds. The number of halogens is 2. The fraction of sp³-hybridized carbons (Fsp3) is 0.381. The molecule has 2 aliphatic rings. The molecule has 1 spiro atoms. The Labute approximate surface area is 171 Å². The first-order valence-electron chi connectivity index (χ1n) is 9.49. The second kappa shape index (κ2) is 8.96. The van der Waals surface area contributed by atoms with Crippen LogP contribution >= 0.6 is 23.2 Å². The van der Waals surface area contributed by atoms with Crippen LogP contribution in [0.4, 0.5) is 11.4 Å². The standard InChI is InChI=1S/C19H20Cl2N4.C2H6/c20-14-3-1-2-13(10-14)12-23-18-19(6-8-22-9-7-19)25-16-5-4-15(21)11-17(16)24-18;1-2/h1-5,10-11,22,25H,6-9,12H2,(H,23,24);1-2H3. The Hall–Kier alpha value is -1.75. The Kier molecular flexibility index (Phi) is 6.64. The van der Waals surface area contributed by atoms with Gasteiger partial charge in [-0.25, -0.2) is 0 Å². The predicted octanol–water partition coefficient (Wildman–Crippen LogP) is 5.58. The molecule has 0 aliphatic carbocycles. The summed E-state index contributed by atoms with van der Waals surface area (Å²) in [5, 5.41) is 12.1. The van der Waals surface area contributed by atoms with Crippen molar-refractivity contribution < 1.29 is 0 Å². The van der Waals surface area contributed by atoms with Crippen molar-refractivity contribution in [2.45, 2.75) is 38.8 Å². The monoisotopic (exact) mass is 404 g/mol. The van der Waals surface area contributed by atoms with Gasteiger partial charge in [-0.15, -0.1) is 0 Å². The van der Waals surface area contributed by atoms with Gasteiger partial charge in [0.25, 0.3) is 0 Å². The molecule has 27 heavy (non-hydrogen) atoms.